The summed E-state index contributed by atoms with van der Waals surface area (Å²) in [5.74, 6) is 0.891. The molecule has 0 radical (unpaired) electrons. The van der Waals surface area contributed by atoms with E-state index in [0.29, 0.717) is 25.9 Å². The first-order chi connectivity index (χ1) is 12.6. The second-order valence-corrected chi connectivity index (χ2v) is 6.92. The van der Waals surface area contributed by atoms with Crippen molar-refractivity contribution in [1.29, 1.82) is 0 Å². The number of aryl methyl sites for hydroxylation is 1. The summed E-state index contributed by atoms with van der Waals surface area (Å²) >= 11 is 1.17. The number of hydrogen-bond donors (Lipinski definition) is 1. The highest BCUT2D eigenvalue weighted by Gasteiger charge is 2.08. The average Bonchev–Trinajstić information content (AvgIpc) is 3.21. The molecule has 0 unspecified atom stereocenters. The first-order valence-electron chi connectivity index (χ1n) is 8.59. The number of aromatic nitrogens is 3. The summed E-state index contributed by atoms with van der Waals surface area (Å²) in [6.07, 6.45) is 4.71. The molecule has 1 amide bonds. The third-order valence-corrected chi connectivity index (χ3v) is 5.09. The number of amides is 1. The van der Waals surface area contributed by atoms with E-state index in [-0.39, 0.29) is 10.8 Å². The number of rotatable bonds is 8. The molecule has 2 heterocycles. The van der Waals surface area contributed by atoms with Gasteiger partial charge in [-0.2, -0.15) is 0 Å². The van der Waals surface area contributed by atoms with Crippen LogP contribution in [0.5, 0.6) is 0 Å². The lowest BCUT2D eigenvalue weighted by Crippen LogP contribution is -2.28. The molecule has 0 aliphatic carbocycles. The highest BCUT2D eigenvalue weighted by atomic mass is 32.1. The maximum Gasteiger partial charge on any atom is 0.307 e. The zero-order valence-electron chi connectivity index (χ0n) is 14.7. The maximum atomic E-state index is 12.0. The number of hydrogen-bond acceptors (Lipinski definition) is 4. The summed E-state index contributed by atoms with van der Waals surface area (Å²) in [5, 5.41) is 4.72. The van der Waals surface area contributed by atoms with Crippen LogP contribution >= 0.6 is 11.3 Å². The molecule has 26 heavy (non-hydrogen) atoms. The van der Waals surface area contributed by atoms with E-state index in [1.165, 1.54) is 16.9 Å². The van der Waals surface area contributed by atoms with Crippen LogP contribution in [0.4, 0.5) is 0 Å². The van der Waals surface area contributed by atoms with Crippen molar-refractivity contribution in [2.75, 3.05) is 6.54 Å². The van der Waals surface area contributed by atoms with E-state index in [4.69, 9.17) is 0 Å². The van der Waals surface area contributed by atoms with Crippen molar-refractivity contribution < 1.29 is 4.79 Å². The summed E-state index contributed by atoms with van der Waals surface area (Å²) < 4.78 is 3.73. The van der Waals surface area contributed by atoms with Crippen LogP contribution in [0.15, 0.2) is 52.9 Å². The Balaban J connectivity index is 1.46. The van der Waals surface area contributed by atoms with E-state index in [2.05, 4.69) is 27.0 Å². The molecule has 0 aliphatic rings. The van der Waals surface area contributed by atoms with Crippen LogP contribution in [0.2, 0.25) is 0 Å². The molecule has 7 heteroatoms. The van der Waals surface area contributed by atoms with Crippen LogP contribution in [0.1, 0.15) is 23.5 Å². The molecule has 1 aromatic carbocycles. The number of nitrogens with one attached hydrogen (secondary N) is 1. The van der Waals surface area contributed by atoms with Crippen molar-refractivity contribution in [3.8, 4) is 0 Å². The Hall–Kier alpha value is -2.67. The van der Waals surface area contributed by atoms with Crippen molar-refractivity contribution in [3.05, 3.63) is 74.9 Å². The fourth-order valence-electron chi connectivity index (χ4n) is 2.78. The first kappa shape index (κ1) is 18.1. The van der Waals surface area contributed by atoms with Crippen molar-refractivity contribution >= 4 is 17.2 Å². The quantitative estimate of drug-likeness (QED) is 0.661. The summed E-state index contributed by atoms with van der Waals surface area (Å²) in [4.78, 5) is 28.0. The van der Waals surface area contributed by atoms with Crippen LogP contribution in [0.25, 0.3) is 0 Å². The van der Waals surface area contributed by atoms with E-state index in [9.17, 15) is 9.59 Å². The van der Waals surface area contributed by atoms with E-state index in [1.54, 1.807) is 10.8 Å². The molecule has 136 valence electrons. The molecule has 0 atom stereocenters. The third kappa shape index (κ3) is 4.70. The monoisotopic (exact) mass is 370 g/mol. The number of carbonyl (C=O) groups excluding carboxylic acids is 1. The van der Waals surface area contributed by atoms with E-state index in [1.807, 2.05) is 36.7 Å². The minimum Gasteiger partial charge on any atom is -0.356 e. The second kappa shape index (κ2) is 8.62. The molecule has 0 fully saturated rings. The summed E-state index contributed by atoms with van der Waals surface area (Å²) in [6.45, 7) is 3.59. The summed E-state index contributed by atoms with van der Waals surface area (Å²) in [7, 11) is 0. The molecule has 0 spiro atoms. The fourth-order valence-corrected chi connectivity index (χ4v) is 3.54. The lowest BCUT2D eigenvalue weighted by Gasteiger charge is -2.09. The van der Waals surface area contributed by atoms with Gasteiger partial charge in [0.1, 0.15) is 5.82 Å². The molecule has 2 aromatic heterocycles. The minimum absolute atomic E-state index is 0.0155. The molecule has 0 bridgehead atoms. The average molecular weight is 370 g/mol. The van der Waals surface area contributed by atoms with Crippen molar-refractivity contribution in [2.24, 2.45) is 0 Å². The Morgan fingerprint density at radius 1 is 1.27 bits per heavy atom. The molecule has 0 aliphatic heterocycles. The van der Waals surface area contributed by atoms with Crippen LogP contribution in [-0.2, 0) is 24.3 Å². The minimum atomic E-state index is -0.0522. The molecular formula is C19H22N4O2S. The zero-order chi connectivity index (χ0) is 18.4. The smallest absolute Gasteiger partial charge is 0.307 e. The summed E-state index contributed by atoms with van der Waals surface area (Å²) in [5.41, 5.74) is 2.11. The molecule has 0 saturated carbocycles. The van der Waals surface area contributed by atoms with Crippen LogP contribution in [0, 0.1) is 6.92 Å². The fraction of sp³-hybridized carbons (Fsp3) is 0.316. The van der Waals surface area contributed by atoms with Crippen molar-refractivity contribution in [3.63, 3.8) is 0 Å². The standard InChI is InChI=1S/C19H22N4O2S/c1-15-14-26-19(25)23(15)11-8-18(24)21-9-7-17-20-10-12-22(17)13-16-5-3-2-4-6-16/h2-6,10,12,14H,7-9,11,13H2,1H3,(H,21,24). The van der Waals surface area contributed by atoms with Gasteiger partial charge in [-0.25, -0.2) is 4.98 Å². The van der Waals surface area contributed by atoms with Crippen LogP contribution in [0.3, 0.4) is 0 Å². The summed E-state index contributed by atoms with van der Waals surface area (Å²) in [6, 6.07) is 10.2. The normalized spacial score (nSPS) is 10.8. The topological polar surface area (TPSA) is 68.9 Å². The third-order valence-electron chi connectivity index (χ3n) is 4.21. The van der Waals surface area contributed by atoms with Gasteiger partial charge in [-0.05, 0) is 12.5 Å². The van der Waals surface area contributed by atoms with Gasteiger partial charge < -0.3 is 14.5 Å². The molecule has 3 rings (SSSR count). The Bertz CT molecular complexity index is 911. The Morgan fingerprint density at radius 3 is 2.81 bits per heavy atom. The SMILES string of the molecule is Cc1csc(=O)n1CCC(=O)NCCc1nccn1Cc1ccccc1. The van der Waals surface area contributed by atoms with Gasteiger partial charge in [0.25, 0.3) is 0 Å². The van der Waals surface area contributed by atoms with Crippen LogP contribution < -0.4 is 10.2 Å². The molecule has 1 N–H and O–H groups in total. The van der Waals surface area contributed by atoms with E-state index >= 15 is 0 Å². The Kier molecular flexibility index (Phi) is 6.01. The zero-order valence-corrected chi connectivity index (χ0v) is 15.5. The van der Waals surface area contributed by atoms with Gasteiger partial charge in [-0.15, -0.1) is 0 Å². The van der Waals surface area contributed by atoms with E-state index < -0.39 is 0 Å². The van der Waals surface area contributed by atoms with Gasteiger partial charge in [0, 0.05) is 55.9 Å². The van der Waals surface area contributed by atoms with Crippen LogP contribution in [-0.4, -0.2) is 26.6 Å². The first-order valence-corrected chi connectivity index (χ1v) is 9.47. The Labute approximate surface area is 156 Å². The van der Waals surface area contributed by atoms with Crippen molar-refractivity contribution in [1.82, 2.24) is 19.4 Å². The maximum absolute atomic E-state index is 12.0. The number of imidazole rings is 1. The van der Waals surface area contributed by atoms with Gasteiger partial charge in [-0.3, -0.25) is 9.59 Å². The van der Waals surface area contributed by atoms with Gasteiger partial charge >= 0.3 is 4.87 Å². The highest BCUT2D eigenvalue weighted by molar-refractivity contribution is 7.07. The molecule has 6 nitrogen and oxygen atoms in total. The molecule has 3 aromatic rings. The predicted octanol–water partition coefficient (Wildman–Crippen LogP) is 2.21. The Morgan fingerprint density at radius 2 is 2.08 bits per heavy atom. The van der Waals surface area contributed by atoms with Gasteiger partial charge in [0.05, 0.1) is 0 Å². The van der Waals surface area contributed by atoms with E-state index in [0.717, 1.165) is 18.1 Å². The molecule has 0 saturated heterocycles. The largest absolute Gasteiger partial charge is 0.356 e. The molecular weight excluding hydrogens is 348 g/mol. The number of carbonyl (C=O) groups is 1. The van der Waals surface area contributed by atoms with Gasteiger partial charge in [-0.1, -0.05) is 41.7 Å². The second-order valence-electron chi connectivity index (χ2n) is 6.10. The van der Waals surface area contributed by atoms with Crippen molar-refractivity contribution in [2.45, 2.75) is 32.9 Å². The highest BCUT2D eigenvalue weighted by Crippen LogP contribution is 2.06. The lowest BCUT2D eigenvalue weighted by atomic mass is 10.2. The number of thiazole rings is 1. The van der Waals surface area contributed by atoms with Gasteiger partial charge in [0.2, 0.25) is 5.91 Å². The van der Waals surface area contributed by atoms with Gasteiger partial charge in [0.15, 0.2) is 0 Å². The number of benzene rings is 1. The number of nitrogens with zero attached hydrogens (tertiary/aromatic N) is 3. The predicted molar refractivity (Wildman–Crippen MR) is 102 cm³/mol. The lowest BCUT2D eigenvalue weighted by molar-refractivity contribution is -0.121.